The second kappa shape index (κ2) is 6.76. The molecule has 18 heavy (non-hydrogen) atoms. The first-order valence-electron chi connectivity index (χ1n) is 6.02. The Balaban J connectivity index is 2.23. The predicted molar refractivity (Wildman–Crippen MR) is 73.6 cm³/mol. The molecular formula is C14H20ClNO2. The molecule has 4 heteroatoms. The standard InChI is InChI=1S/C14H20ClNO2/c1-14(2,3)16-9-8-13(17)18-10-11-4-6-12(15)7-5-11/h4-7,16H,8-10H2,1-3H3. The normalized spacial score (nSPS) is 11.3. The maximum absolute atomic E-state index is 11.5. The van der Waals surface area contributed by atoms with Crippen LogP contribution in [0.5, 0.6) is 0 Å². The molecule has 0 saturated carbocycles. The topological polar surface area (TPSA) is 38.3 Å². The zero-order valence-corrected chi connectivity index (χ0v) is 11.9. The van der Waals surface area contributed by atoms with Crippen LogP contribution >= 0.6 is 11.6 Å². The Morgan fingerprint density at radius 1 is 1.28 bits per heavy atom. The summed E-state index contributed by atoms with van der Waals surface area (Å²) in [7, 11) is 0. The minimum atomic E-state index is -0.193. The summed E-state index contributed by atoms with van der Waals surface area (Å²) in [6, 6.07) is 7.27. The molecule has 0 aliphatic heterocycles. The number of nitrogens with one attached hydrogen (secondary N) is 1. The Kier molecular flexibility index (Phi) is 5.63. The highest BCUT2D eigenvalue weighted by atomic mass is 35.5. The fourth-order valence-electron chi connectivity index (χ4n) is 1.36. The van der Waals surface area contributed by atoms with Gasteiger partial charge in [-0.2, -0.15) is 0 Å². The summed E-state index contributed by atoms with van der Waals surface area (Å²) in [6.45, 7) is 7.11. The Bertz CT molecular complexity index is 382. The molecule has 1 aromatic rings. The van der Waals surface area contributed by atoms with Crippen molar-refractivity contribution in [2.24, 2.45) is 0 Å². The SMILES string of the molecule is CC(C)(C)NCCC(=O)OCc1ccc(Cl)cc1. The molecule has 100 valence electrons. The first-order valence-corrected chi connectivity index (χ1v) is 6.40. The summed E-state index contributed by atoms with van der Waals surface area (Å²) >= 11 is 5.77. The monoisotopic (exact) mass is 269 g/mol. The number of carbonyl (C=O) groups is 1. The molecule has 0 atom stereocenters. The van der Waals surface area contributed by atoms with Crippen LogP contribution in [-0.2, 0) is 16.1 Å². The number of esters is 1. The van der Waals surface area contributed by atoms with Crippen LogP contribution < -0.4 is 5.32 Å². The maximum atomic E-state index is 11.5. The second-order valence-corrected chi connectivity index (χ2v) is 5.65. The van der Waals surface area contributed by atoms with E-state index >= 15 is 0 Å². The molecule has 1 N–H and O–H groups in total. The van der Waals surface area contributed by atoms with Gasteiger partial charge >= 0.3 is 5.97 Å². The maximum Gasteiger partial charge on any atom is 0.307 e. The summed E-state index contributed by atoms with van der Waals surface area (Å²) in [5.41, 5.74) is 0.965. The molecular weight excluding hydrogens is 250 g/mol. The highest BCUT2D eigenvalue weighted by molar-refractivity contribution is 6.30. The third-order valence-electron chi connectivity index (χ3n) is 2.30. The van der Waals surface area contributed by atoms with Crippen LogP contribution in [0.4, 0.5) is 0 Å². The molecule has 0 spiro atoms. The van der Waals surface area contributed by atoms with Crippen molar-refractivity contribution in [1.29, 1.82) is 0 Å². The summed E-state index contributed by atoms with van der Waals surface area (Å²) in [5, 5.41) is 3.92. The summed E-state index contributed by atoms with van der Waals surface area (Å²) in [6.07, 6.45) is 0.380. The van der Waals surface area contributed by atoms with Gasteiger partial charge in [-0.3, -0.25) is 4.79 Å². The van der Waals surface area contributed by atoms with Gasteiger partial charge in [0.05, 0.1) is 6.42 Å². The lowest BCUT2D eigenvalue weighted by Crippen LogP contribution is -2.37. The number of halogens is 1. The molecule has 0 heterocycles. The molecule has 1 rings (SSSR count). The van der Waals surface area contributed by atoms with Gasteiger partial charge in [0, 0.05) is 17.1 Å². The lowest BCUT2D eigenvalue weighted by molar-refractivity contribution is -0.144. The number of rotatable bonds is 5. The first-order chi connectivity index (χ1) is 8.37. The zero-order valence-electron chi connectivity index (χ0n) is 11.1. The average Bonchev–Trinajstić information content (AvgIpc) is 2.26. The molecule has 3 nitrogen and oxygen atoms in total. The number of ether oxygens (including phenoxy) is 1. The van der Waals surface area contributed by atoms with Gasteiger partial charge in [0.15, 0.2) is 0 Å². The molecule has 0 radical (unpaired) electrons. The molecule has 0 aliphatic rings. The predicted octanol–water partition coefficient (Wildman–Crippen LogP) is 3.16. The zero-order chi connectivity index (χ0) is 13.6. The summed E-state index contributed by atoms with van der Waals surface area (Å²) in [4.78, 5) is 11.5. The number of carbonyl (C=O) groups excluding carboxylic acids is 1. The highest BCUT2D eigenvalue weighted by Crippen LogP contribution is 2.10. The van der Waals surface area contributed by atoms with E-state index in [-0.39, 0.29) is 11.5 Å². The highest BCUT2D eigenvalue weighted by Gasteiger charge is 2.10. The Morgan fingerprint density at radius 3 is 2.44 bits per heavy atom. The van der Waals surface area contributed by atoms with E-state index in [1.807, 2.05) is 12.1 Å². The van der Waals surface area contributed by atoms with Gasteiger partial charge in [-0.1, -0.05) is 23.7 Å². The van der Waals surface area contributed by atoms with Crippen molar-refractivity contribution in [2.45, 2.75) is 39.3 Å². The van der Waals surface area contributed by atoms with Crippen LogP contribution in [-0.4, -0.2) is 18.1 Å². The largest absolute Gasteiger partial charge is 0.461 e. The van der Waals surface area contributed by atoms with Crippen molar-refractivity contribution in [3.8, 4) is 0 Å². The van der Waals surface area contributed by atoms with Gasteiger partial charge in [-0.15, -0.1) is 0 Å². The minimum Gasteiger partial charge on any atom is -0.461 e. The molecule has 0 aliphatic carbocycles. The van der Waals surface area contributed by atoms with E-state index in [2.05, 4.69) is 26.1 Å². The first kappa shape index (κ1) is 15.0. The summed E-state index contributed by atoms with van der Waals surface area (Å²) in [5.74, 6) is -0.193. The minimum absolute atomic E-state index is 0.0243. The molecule has 0 fully saturated rings. The lowest BCUT2D eigenvalue weighted by atomic mass is 10.1. The van der Waals surface area contributed by atoms with Crippen LogP contribution in [0.3, 0.4) is 0 Å². The fourth-order valence-corrected chi connectivity index (χ4v) is 1.48. The van der Waals surface area contributed by atoms with Crippen molar-refractivity contribution >= 4 is 17.6 Å². The van der Waals surface area contributed by atoms with E-state index in [9.17, 15) is 4.79 Å². The Labute approximate surface area is 113 Å². The van der Waals surface area contributed by atoms with E-state index in [0.29, 0.717) is 24.6 Å². The molecule has 0 amide bonds. The quantitative estimate of drug-likeness (QED) is 0.835. The third kappa shape index (κ3) is 6.62. The van der Waals surface area contributed by atoms with E-state index in [1.54, 1.807) is 12.1 Å². The van der Waals surface area contributed by atoms with Gasteiger partial charge < -0.3 is 10.1 Å². The van der Waals surface area contributed by atoms with Crippen molar-refractivity contribution in [3.63, 3.8) is 0 Å². The lowest BCUT2D eigenvalue weighted by Gasteiger charge is -2.19. The van der Waals surface area contributed by atoms with Crippen LogP contribution in [0, 0.1) is 0 Å². The van der Waals surface area contributed by atoms with Gasteiger partial charge in [0.1, 0.15) is 6.61 Å². The van der Waals surface area contributed by atoms with Crippen LogP contribution in [0.2, 0.25) is 5.02 Å². The fraction of sp³-hybridized carbons (Fsp3) is 0.500. The molecule has 1 aromatic carbocycles. The van der Waals surface area contributed by atoms with Crippen molar-refractivity contribution in [2.75, 3.05) is 6.54 Å². The van der Waals surface area contributed by atoms with E-state index in [4.69, 9.17) is 16.3 Å². The smallest absolute Gasteiger partial charge is 0.307 e. The van der Waals surface area contributed by atoms with Gasteiger partial charge in [0.2, 0.25) is 0 Å². The van der Waals surface area contributed by atoms with Crippen LogP contribution in [0.1, 0.15) is 32.8 Å². The van der Waals surface area contributed by atoms with Crippen LogP contribution in [0.25, 0.3) is 0 Å². The van der Waals surface area contributed by atoms with E-state index in [0.717, 1.165) is 5.56 Å². The average molecular weight is 270 g/mol. The van der Waals surface area contributed by atoms with Gasteiger partial charge in [0.25, 0.3) is 0 Å². The summed E-state index contributed by atoms with van der Waals surface area (Å²) < 4.78 is 5.16. The number of hydrogen-bond acceptors (Lipinski definition) is 3. The van der Waals surface area contributed by atoms with Gasteiger partial charge in [-0.25, -0.2) is 0 Å². The Hall–Kier alpha value is -1.06. The van der Waals surface area contributed by atoms with Gasteiger partial charge in [-0.05, 0) is 38.5 Å². The van der Waals surface area contributed by atoms with E-state index in [1.165, 1.54) is 0 Å². The van der Waals surface area contributed by atoms with Crippen molar-refractivity contribution in [3.05, 3.63) is 34.9 Å². The van der Waals surface area contributed by atoms with E-state index < -0.39 is 0 Å². The molecule has 0 unspecified atom stereocenters. The third-order valence-corrected chi connectivity index (χ3v) is 2.55. The van der Waals surface area contributed by atoms with Crippen molar-refractivity contribution in [1.82, 2.24) is 5.32 Å². The Morgan fingerprint density at radius 2 is 1.89 bits per heavy atom. The number of benzene rings is 1. The van der Waals surface area contributed by atoms with Crippen molar-refractivity contribution < 1.29 is 9.53 Å². The number of hydrogen-bond donors (Lipinski definition) is 1. The molecule has 0 bridgehead atoms. The molecule has 0 aromatic heterocycles. The second-order valence-electron chi connectivity index (χ2n) is 5.21. The molecule has 0 saturated heterocycles. The van der Waals surface area contributed by atoms with Crippen LogP contribution in [0.15, 0.2) is 24.3 Å².